The van der Waals surface area contributed by atoms with Crippen LogP contribution in [0, 0.1) is 13.8 Å². The average Bonchev–Trinajstić information content (AvgIpc) is 2.62. The van der Waals surface area contributed by atoms with Crippen molar-refractivity contribution in [1.29, 1.82) is 0 Å². The van der Waals surface area contributed by atoms with Crippen LogP contribution in [-0.2, 0) is 0 Å². The number of nitrogens with two attached hydrogens (primary N) is 1. The van der Waals surface area contributed by atoms with Gasteiger partial charge in [-0.3, -0.25) is 0 Å². The molecule has 19 heavy (non-hydrogen) atoms. The molecule has 0 aromatic carbocycles. The largest absolute Gasteiger partial charge is 0.352 e. The Morgan fingerprint density at radius 3 is 2.79 bits per heavy atom. The van der Waals surface area contributed by atoms with Crippen LogP contribution in [0.4, 0.5) is 5.82 Å². The van der Waals surface area contributed by atoms with E-state index < -0.39 is 0 Å². The summed E-state index contributed by atoms with van der Waals surface area (Å²) >= 11 is 1.75. The Morgan fingerprint density at radius 2 is 2.11 bits per heavy atom. The van der Waals surface area contributed by atoms with E-state index in [0.717, 1.165) is 36.6 Å². The molecule has 1 aliphatic rings. The van der Waals surface area contributed by atoms with Crippen LogP contribution in [0.5, 0.6) is 0 Å². The molecule has 0 unspecified atom stereocenters. The van der Waals surface area contributed by atoms with Gasteiger partial charge in [-0.25, -0.2) is 9.97 Å². The second-order valence-electron chi connectivity index (χ2n) is 5.63. The molecule has 2 N–H and O–H groups in total. The summed E-state index contributed by atoms with van der Waals surface area (Å²) in [7, 11) is 0. The summed E-state index contributed by atoms with van der Waals surface area (Å²) in [5, 5.41) is 1.21. The van der Waals surface area contributed by atoms with Gasteiger partial charge in [0.2, 0.25) is 0 Å². The van der Waals surface area contributed by atoms with Crippen LogP contribution >= 0.6 is 11.3 Å². The zero-order valence-corrected chi connectivity index (χ0v) is 12.5. The monoisotopic (exact) mass is 276 g/mol. The highest BCUT2D eigenvalue weighted by molar-refractivity contribution is 7.18. The minimum absolute atomic E-state index is 0.0228. The number of hydrogen-bond acceptors (Lipinski definition) is 5. The number of thiophene rings is 1. The maximum atomic E-state index is 6.35. The van der Waals surface area contributed by atoms with E-state index in [2.05, 4.69) is 35.6 Å². The Bertz CT molecular complexity index is 613. The molecule has 0 spiro atoms. The van der Waals surface area contributed by atoms with Gasteiger partial charge in [0.05, 0.1) is 10.9 Å². The number of aryl methyl sites for hydroxylation is 2. The number of aromatic nitrogens is 2. The van der Waals surface area contributed by atoms with Crippen molar-refractivity contribution in [3.05, 3.63) is 16.8 Å². The summed E-state index contributed by atoms with van der Waals surface area (Å²) in [5.41, 5.74) is 7.63. The smallest absolute Gasteiger partial charge is 0.141 e. The van der Waals surface area contributed by atoms with Gasteiger partial charge in [0, 0.05) is 18.0 Å². The van der Waals surface area contributed by atoms with E-state index in [9.17, 15) is 0 Å². The molecule has 2 aromatic heterocycles. The van der Waals surface area contributed by atoms with Crippen LogP contribution in [0.2, 0.25) is 0 Å². The molecule has 0 radical (unpaired) electrons. The van der Waals surface area contributed by atoms with Crippen molar-refractivity contribution in [2.75, 3.05) is 18.0 Å². The first-order valence-corrected chi connectivity index (χ1v) is 7.60. The topological polar surface area (TPSA) is 55.0 Å². The molecule has 0 atom stereocenters. The maximum absolute atomic E-state index is 6.35. The Kier molecular flexibility index (Phi) is 2.98. The molecule has 0 aliphatic carbocycles. The highest BCUT2D eigenvalue weighted by atomic mass is 32.1. The van der Waals surface area contributed by atoms with E-state index in [-0.39, 0.29) is 5.54 Å². The van der Waals surface area contributed by atoms with Crippen molar-refractivity contribution >= 4 is 27.4 Å². The van der Waals surface area contributed by atoms with E-state index in [0.29, 0.717) is 0 Å². The first-order valence-electron chi connectivity index (χ1n) is 6.78. The second kappa shape index (κ2) is 4.42. The minimum atomic E-state index is -0.0228. The van der Waals surface area contributed by atoms with Gasteiger partial charge in [0.15, 0.2) is 0 Å². The summed E-state index contributed by atoms with van der Waals surface area (Å²) in [6.45, 7) is 8.30. The van der Waals surface area contributed by atoms with E-state index >= 15 is 0 Å². The highest BCUT2D eigenvalue weighted by Gasteiger charge is 2.40. The van der Waals surface area contributed by atoms with Crippen molar-refractivity contribution in [2.45, 2.75) is 39.2 Å². The molecule has 1 aliphatic heterocycles. The maximum Gasteiger partial charge on any atom is 0.141 e. The molecular formula is C14H20N4S. The van der Waals surface area contributed by atoms with Crippen molar-refractivity contribution in [3.8, 4) is 0 Å². The lowest BCUT2D eigenvalue weighted by Gasteiger charge is -2.48. The Balaban J connectivity index is 1.95. The van der Waals surface area contributed by atoms with E-state index in [4.69, 9.17) is 5.73 Å². The molecule has 1 fully saturated rings. The number of anilines is 1. The van der Waals surface area contributed by atoms with Crippen molar-refractivity contribution in [2.24, 2.45) is 5.73 Å². The highest BCUT2D eigenvalue weighted by Crippen LogP contribution is 2.37. The third kappa shape index (κ3) is 2.01. The van der Waals surface area contributed by atoms with Gasteiger partial charge in [-0.1, -0.05) is 13.3 Å². The number of fused-ring (bicyclic) bond motifs is 1. The summed E-state index contributed by atoms with van der Waals surface area (Å²) in [6.07, 6.45) is 3.89. The molecule has 2 aromatic rings. The Hall–Kier alpha value is -1.20. The summed E-state index contributed by atoms with van der Waals surface area (Å²) in [5.74, 6) is 1.06. The fraction of sp³-hybridized carbons (Fsp3) is 0.571. The van der Waals surface area contributed by atoms with Crippen molar-refractivity contribution in [3.63, 3.8) is 0 Å². The lowest BCUT2D eigenvalue weighted by molar-refractivity contribution is 0.306. The number of rotatable bonds is 3. The second-order valence-corrected chi connectivity index (χ2v) is 6.83. The first kappa shape index (κ1) is 12.8. The van der Waals surface area contributed by atoms with Gasteiger partial charge in [-0.05, 0) is 25.8 Å². The predicted octanol–water partition coefficient (Wildman–Crippen LogP) is 2.63. The fourth-order valence-corrected chi connectivity index (χ4v) is 3.91. The molecular weight excluding hydrogens is 256 g/mol. The SMILES string of the molecule is CCCC1(N)CN(c2ncnc3sc(C)c(C)c23)C1. The number of nitrogens with zero attached hydrogens (tertiary/aromatic N) is 3. The summed E-state index contributed by atoms with van der Waals surface area (Å²) in [6, 6.07) is 0. The summed E-state index contributed by atoms with van der Waals surface area (Å²) in [4.78, 5) is 13.6. The summed E-state index contributed by atoms with van der Waals surface area (Å²) < 4.78 is 0. The van der Waals surface area contributed by atoms with Crippen LogP contribution in [0.1, 0.15) is 30.2 Å². The number of hydrogen-bond donors (Lipinski definition) is 1. The minimum Gasteiger partial charge on any atom is -0.352 e. The molecule has 5 heteroatoms. The molecule has 0 saturated carbocycles. The average molecular weight is 276 g/mol. The Labute approximate surface area is 117 Å². The molecule has 3 heterocycles. The van der Waals surface area contributed by atoms with Gasteiger partial charge in [-0.15, -0.1) is 11.3 Å². The zero-order valence-electron chi connectivity index (χ0n) is 11.7. The van der Waals surface area contributed by atoms with Crippen LogP contribution in [0.3, 0.4) is 0 Å². The lowest BCUT2D eigenvalue weighted by atomic mass is 9.86. The fourth-order valence-electron chi connectivity index (χ4n) is 2.92. The van der Waals surface area contributed by atoms with Gasteiger partial charge in [-0.2, -0.15) is 0 Å². The molecule has 4 nitrogen and oxygen atoms in total. The predicted molar refractivity (Wildman–Crippen MR) is 80.9 cm³/mol. The molecule has 0 amide bonds. The van der Waals surface area contributed by atoms with E-state index in [1.165, 1.54) is 15.8 Å². The van der Waals surface area contributed by atoms with Gasteiger partial charge < -0.3 is 10.6 Å². The lowest BCUT2D eigenvalue weighted by Crippen LogP contribution is -2.67. The third-order valence-corrected chi connectivity index (χ3v) is 5.12. The quantitative estimate of drug-likeness (QED) is 0.936. The molecule has 1 saturated heterocycles. The van der Waals surface area contributed by atoms with Gasteiger partial charge >= 0.3 is 0 Å². The van der Waals surface area contributed by atoms with E-state index in [1.54, 1.807) is 17.7 Å². The van der Waals surface area contributed by atoms with Crippen LogP contribution in [0.25, 0.3) is 10.2 Å². The van der Waals surface area contributed by atoms with Crippen LogP contribution in [0.15, 0.2) is 6.33 Å². The standard InChI is InChI=1S/C14H20N4S/c1-4-5-14(15)6-18(7-14)12-11-9(2)10(3)19-13(11)17-8-16-12/h8H,4-7,15H2,1-3H3. The van der Waals surface area contributed by atoms with Crippen LogP contribution < -0.4 is 10.6 Å². The zero-order chi connectivity index (χ0) is 13.6. The van der Waals surface area contributed by atoms with E-state index in [1.807, 2.05) is 0 Å². The Morgan fingerprint density at radius 1 is 1.37 bits per heavy atom. The first-order chi connectivity index (χ1) is 9.04. The molecule has 102 valence electrons. The van der Waals surface area contributed by atoms with Crippen molar-refractivity contribution < 1.29 is 0 Å². The van der Waals surface area contributed by atoms with Gasteiger partial charge in [0.25, 0.3) is 0 Å². The molecule has 3 rings (SSSR count). The third-order valence-electron chi connectivity index (χ3n) is 4.00. The van der Waals surface area contributed by atoms with Crippen molar-refractivity contribution in [1.82, 2.24) is 9.97 Å². The molecule has 0 bridgehead atoms. The van der Waals surface area contributed by atoms with Crippen LogP contribution in [-0.4, -0.2) is 28.6 Å². The van der Waals surface area contributed by atoms with Gasteiger partial charge in [0.1, 0.15) is 17.0 Å². The normalized spacial score (nSPS) is 17.8.